The standard InChI is InChI=1S/C15H14Cl2N2O2S/c1-9(11-5-4-10(16)7-12(11)17)19-14(20)8-18-15(21)13-3-2-6-22-13/h2-7,9H,8H2,1H3,(H,18,21)(H,19,20). The van der Waals surface area contributed by atoms with Crippen LogP contribution in [0.5, 0.6) is 0 Å². The molecule has 0 saturated carbocycles. The topological polar surface area (TPSA) is 58.2 Å². The van der Waals surface area contributed by atoms with Gasteiger partial charge in [-0.1, -0.05) is 35.3 Å². The van der Waals surface area contributed by atoms with Gasteiger partial charge in [-0.3, -0.25) is 9.59 Å². The number of carbonyl (C=O) groups excluding carboxylic acids is 2. The molecular formula is C15H14Cl2N2O2S. The minimum atomic E-state index is -0.288. The minimum Gasteiger partial charge on any atom is -0.348 e. The molecule has 1 aromatic heterocycles. The van der Waals surface area contributed by atoms with Crippen LogP contribution in [0.2, 0.25) is 10.0 Å². The van der Waals surface area contributed by atoms with Crippen LogP contribution in [0, 0.1) is 0 Å². The quantitative estimate of drug-likeness (QED) is 0.858. The number of nitrogens with one attached hydrogen (secondary N) is 2. The van der Waals surface area contributed by atoms with Gasteiger partial charge in [0.05, 0.1) is 17.5 Å². The molecule has 1 heterocycles. The zero-order chi connectivity index (χ0) is 16.1. The summed E-state index contributed by atoms with van der Waals surface area (Å²) in [6.45, 7) is 1.72. The van der Waals surface area contributed by atoms with Crippen molar-refractivity contribution in [3.63, 3.8) is 0 Å². The lowest BCUT2D eigenvalue weighted by Gasteiger charge is -2.16. The summed E-state index contributed by atoms with van der Waals surface area (Å²) in [5.41, 5.74) is 0.768. The second-order valence-corrected chi connectivity index (χ2v) is 6.41. The largest absolute Gasteiger partial charge is 0.348 e. The van der Waals surface area contributed by atoms with E-state index < -0.39 is 0 Å². The first-order valence-electron chi connectivity index (χ1n) is 6.53. The lowest BCUT2D eigenvalue weighted by atomic mass is 10.1. The van der Waals surface area contributed by atoms with Crippen LogP contribution < -0.4 is 10.6 Å². The van der Waals surface area contributed by atoms with Gasteiger partial charge in [-0.15, -0.1) is 11.3 Å². The van der Waals surface area contributed by atoms with E-state index in [1.807, 2.05) is 6.92 Å². The van der Waals surface area contributed by atoms with Crippen LogP contribution in [0.3, 0.4) is 0 Å². The van der Waals surface area contributed by atoms with Crippen molar-refractivity contribution in [3.8, 4) is 0 Å². The predicted octanol–water partition coefficient (Wildman–Crippen LogP) is 3.66. The molecule has 0 aliphatic rings. The van der Waals surface area contributed by atoms with Crippen LogP contribution in [0.4, 0.5) is 0 Å². The minimum absolute atomic E-state index is 0.0910. The Morgan fingerprint density at radius 3 is 2.68 bits per heavy atom. The van der Waals surface area contributed by atoms with Crippen molar-refractivity contribution in [1.82, 2.24) is 10.6 Å². The summed E-state index contributed by atoms with van der Waals surface area (Å²) in [6, 6.07) is 8.30. The first-order valence-corrected chi connectivity index (χ1v) is 8.17. The average molecular weight is 357 g/mol. The molecule has 2 amide bonds. The molecule has 2 aromatic rings. The lowest BCUT2D eigenvalue weighted by Crippen LogP contribution is -2.37. The monoisotopic (exact) mass is 356 g/mol. The van der Waals surface area contributed by atoms with Gasteiger partial charge in [-0.2, -0.15) is 0 Å². The third-order valence-electron chi connectivity index (χ3n) is 2.96. The molecule has 0 aliphatic carbocycles. The van der Waals surface area contributed by atoms with E-state index in [2.05, 4.69) is 10.6 Å². The van der Waals surface area contributed by atoms with Crippen LogP contribution in [0.1, 0.15) is 28.2 Å². The summed E-state index contributed by atoms with van der Waals surface area (Å²) < 4.78 is 0. The third kappa shape index (κ3) is 4.47. The van der Waals surface area contributed by atoms with E-state index in [0.29, 0.717) is 14.9 Å². The van der Waals surface area contributed by atoms with Crippen LogP contribution in [0.25, 0.3) is 0 Å². The van der Waals surface area contributed by atoms with Crippen LogP contribution in [-0.2, 0) is 4.79 Å². The Balaban J connectivity index is 1.87. The molecule has 2 rings (SSSR count). The van der Waals surface area contributed by atoms with Gasteiger partial charge in [-0.25, -0.2) is 0 Å². The maximum absolute atomic E-state index is 11.9. The molecule has 0 saturated heterocycles. The molecule has 0 fully saturated rings. The normalized spacial score (nSPS) is 11.8. The first-order chi connectivity index (χ1) is 10.5. The van der Waals surface area contributed by atoms with Crippen molar-refractivity contribution in [2.24, 2.45) is 0 Å². The molecule has 0 bridgehead atoms. The van der Waals surface area contributed by atoms with Crippen molar-refractivity contribution >= 4 is 46.4 Å². The van der Waals surface area contributed by atoms with E-state index >= 15 is 0 Å². The van der Waals surface area contributed by atoms with E-state index in [4.69, 9.17) is 23.2 Å². The number of thiophene rings is 1. The molecule has 116 valence electrons. The predicted molar refractivity (Wildman–Crippen MR) is 89.7 cm³/mol. The first kappa shape index (κ1) is 16.8. The van der Waals surface area contributed by atoms with Gasteiger partial charge in [0.2, 0.25) is 5.91 Å². The number of rotatable bonds is 5. The van der Waals surface area contributed by atoms with E-state index in [0.717, 1.165) is 5.56 Å². The molecule has 0 spiro atoms. The molecule has 0 aliphatic heterocycles. The van der Waals surface area contributed by atoms with E-state index in [1.54, 1.807) is 35.7 Å². The number of hydrogen-bond donors (Lipinski definition) is 2. The van der Waals surface area contributed by atoms with Gasteiger partial charge in [0.25, 0.3) is 5.91 Å². The Kier molecular flexibility index (Phi) is 5.83. The number of halogens is 2. The SMILES string of the molecule is CC(NC(=O)CNC(=O)c1cccs1)c1ccc(Cl)cc1Cl. The summed E-state index contributed by atoms with van der Waals surface area (Å²) in [4.78, 5) is 24.2. The van der Waals surface area contributed by atoms with E-state index in [-0.39, 0.29) is 24.4 Å². The Bertz CT molecular complexity index is 674. The molecule has 1 aromatic carbocycles. The highest BCUT2D eigenvalue weighted by molar-refractivity contribution is 7.12. The molecule has 1 unspecified atom stereocenters. The molecule has 2 N–H and O–H groups in total. The Morgan fingerprint density at radius 2 is 2.05 bits per heavy atom. The fraction of sp³-hybridized carbons (Fsp3) is 0.200. The van der Waals surface area contributed by atoms with Crippen LogP contribution in [-0.4, -0.2) is 18.4 Å². The maximum Gasteiger partial charge on any atom is 0.261 e. The summed E-state index contributed by atoms with van der Waals surface area (Å²) in [5, 5.41) is 8.18. The smallest absolute Gasteiger partial charge is 0.261 e. The highest BCUT2D eigenvalue weighted by Crippen LogP contribution is 2.25. The van der Waals surface area contributed by atoms with Crippen molar-refractivity contribution in [3.05, 3.63) is 56.2 Å². The Labute approximate surface area is 142 Å². The average Bonchev–Trinajstić information content (AvgIpc) is 2.98. The van der Waals surface area contributed by atoms with Gasteiger partial charge < -0.3 is 10.6 Å². The maximum atomic E-state index is 11.9. The van der Waals surface area contributed by atoms with Gasteiger partial charge in [0.15, 0.2) is 0 Å². The summed E-state index contributed by atoms with van der Waals surface area (Å²) in [5.74, 6) is -0.550. The second-order valence-electron chi connectivity index (χ2n) is 4.62. The Hall–Kier alpha value is -1.56. The highest BCUT2D eigenvalue weighted by atomic mass is 35.5. The molecular weight excluding hydrogens is 343 g/mol. The van der Waals surface area contributed by atoms with Gasteiger partial charge >= 0.3 is 0 Å². The zero-order valence-electron chi connectivity index (χ0n) is 11.7. The van der Waals surface area contributed by atoms with Gasteiger partial charge in [-0.05, 0) is 36.1 Å². The van der Waals surface area contributed by atoms with Gasteiger partial charge in [0, 0.05) is 10.0 Å². The van der Waals surface area contributed by atoms with Gasteiger partial charge in [0.1, 0.15) is 0 Å². The zero-order valence-corrected chi connectivity index (χ0v) is 14.1. The molecule has 7 heteroatoms. The number of benzene rings is 1. The summed E-state index contributed by atoms with van der Waals surface area (Å²) in [6.07, 6.45) is 0. The Morgan fingerprint density at radius 1 is 1.27 bits per heavy atom. The number of hydrogen-bond acceptors (Lipinski definition) is 3. The third-order valence-corrected chi connectivity index (χ3v) is 4.39. The summed E-state index contributed by atoms with van der Waals surface area (Å²) in [7, 11) is 0. The van der Waals surface area contributed by atoms with Crippen molar-refractivity contribution < 1.29 is 9.59 Å². The molecule has 4 nitrogen and oxygen atoms in total. The van der Waals surface area contributed by atoms with E-state index in [1.165, 1.54) is 11.3 Å². The molecule has 0 radical (unpaired) electrons. The highest BCUT2D eigenvalue weighted by Gasteiger charge is 2.14. The fourth-order valence-corrected chi connectivity index (χ4v) is 3.09. The van der Waals surface area contributed by atoms with Crippen molar-refractivity contribution in [2.45, 2.75) is 13.0 Å². The number of carbonyl (C=O) groups is 2. The van der Waals surface area contributed by atoms with Crippen LogP contribution in [0.15, 0.2) is 35.7 Å². The molecule has 22 heavy (non-hydrogen) atoms. The lowest BCUT2D eigenvalue weighted by molar-refractivity contribution is -0.120. The van der Waals surface area contributed by atoms with E-state index in [9.17, 15) is 9.59 Å². The number of amides is 2. The second kappa shape index (κ2) is 7.63. The van der Waals surface area contributed by atoms with Crippen molar-refractivity contribution in [1.29, 1.82) is 0 Å². The van der Waals surface area contributed by atoms with Crippen molar-refractivity contribution in [2.75, 3.05) is 6.54 Å². The molecule has 1 atom stereocenters. The van der Waals surface area contributed by atoms with Crippen LogP contribution >= 0.6 is 34.5 Å². The summed E-state index contributed by atoms with van der Waals surface area (Å²) >= 11 is 13.3. The fourth-order valence-electron chi connectivity index (χ4n) is 1.88.